The summed E-state index contributed by atoms with van der Waals surface area (Å²) in [5.74, 6) is 2.56. The van der Waals surface area contributed by atoms with E-state index in [-0.39, 0.29) is 13.2 Å². The van der Waals surface area contributed by atoms with E-state index in [1.807, 2.05) is 30.3 Å². The standard InChI is InChI=1S/C23H26O7/c1-25-16-11-17(26-2)22(28-4)19-18(16)20(27-3)15(12-24)21(23(19)29-5)30-13-14-9-7-6-8-10-14/h6-11,24H,12-13H2,1-5H3. The summed E-state index contributed by atoms with van der Waals surface area (Å²) in [6, 6.07) is 11.4. The Labute approximate surface area is 175 Å². The lowest BCUT2D eigenvalue weighted by Crippen LogP contribution is -2.06. The van der Waals surface area contributed by atoms with E-state index in [2.05, 4.69) is 0 Å². The van der Waals surface area contributed by atoms with Crippen molar-refractivity contribution in [2.75, 3.05) is 35.5 Å². The maximum atomic E-state index is 10.2. The van der Waals surface area contributed by atoms with Gasteiger partial charge in [0.2, 0.25) is 0 Å². The van der Waals surface area contributed by atoms with Gasteiger partial charge >= 0.3 is 0 Å². The summed E-state index contributed by atoms with van der Waals surface area (Å²) in [5.41, 5.74) is 1.42. The molecule has 3 rings (SSSR count). The minimum Gasteiger partial charge on any atom is -0.496 e. The smallest absolute Gasteiger partial charge is 0.173 e. The molecule has 0 radical (unpaired) electrons. The second-order valence-corrected chi connectivity index (χ2v) is 6.37. The molecule has 0 fully saturated rings. The maximum absolute atomic E-state index is 10.2. The Kier molecular flexibility index (Phi) is 6.74. The second kappa shape index (κ2) is 9.45. The summed E-state index contributed by atoms with van der Waals surface area (Å²) in [4.78, 5) is 0. The van der Waals surface area contributed by atoms with Gasteiger partial charge in [-0.3, -0.25) is 0 Å². The van der Waals surface area contributed by atoms with E-state index >= 15 is 0 Å². The van der Waals surface area contributed by atoms with Crippen molar-refractivity contribution in [3.05, 3.63) is 47.5 Å². The van der Waals surface area contributed by atoms with Crippen molar-refractivity contribution in [2.24, 2.45) is 0 Å². The van der Waals surface area contributed by atoms with Gasteiger partial charge in [0.25, 0.3) is 0 Å². The molecule has 0 unspecified atom stereocenters. The molecule has 0 bridgehead atoms. The number of benzene rings is 3. The molecule has 1 N–H and O–H groups in total. The molecule has 0 amide bonds. The first kappa shape index (κ1) is 21.4. The van der Waals surface area contributed by atoms with Gasteiger partial charge in [0.15, 0.2) is 23.0 Å². The number of hydrogen-bond donors (Lipinski definition) is 1. The normalized spacial score (nSPS) is 10.6. The average molecular weight is 414 g/mol. The van der Waals surface area contributed by atoms with E-state index in [1.165, 1.54) is 14.2 Å². The highest BCUT2D eigenvalue weighted by Crippen LogP contribution is 2.55. The predicted molar refractivity (Wildman–Crippen MR) is 113 cm³/mol. The van der Waals surface area contributed by atoms with Crippen molar-refractivity contribution in [1.29, 1.82) is 0 Å². The number of ether oxygens (including phenoxy) is 6. The van der Waals surface area contributed by atoms with Crippen LogP contribution < -0.4 is 28.4 Å². The minimum absolute atomic E-state index is 0.280. The lowest BCUT2D eigenvalue weighted by Gasteiger charge is -2.23. The highest BCUT2D eigenvalue weighted by Gasteiger charge is 2.29. The molecule has 0 aliphatic carbocycles. The Bertz CT molecular complexity index is 1020. The quantitative estimate of drug-likeness (QED) is 0.568. The van der Waals surface area contributed by atoms with Crippen LogP contribution in [0.1, 0.15) is 11.1 Å². The van der Waals surface area contributed by atoms with Crippen molar-refractivity contribution in [2.45, 2.75) is 13.2 Å². The van der Waals surface area contributed by atoms with Gasteiger partial charge in [-0.15, -0.1) is 0 Å². The van der Waals surface area contributed by atoms with Crippen LogP contribution in [0.15, 0.2) is 36.4 Å². The lowest BCUT2D eigenvalue weighted by atomic mass is 10.00. The van der Waals surface area contributed by atoms with Crippen LogP contribution in [-0.4, -0.2) is 40.7 Å². The number of aliphatic hydroxyl groups is 1. The highest BCUT2D eigenvalue weighted by molar-refractivity contribution is 6.06. The molecule has 3 aromatic carbocycles. The first-order valence-electron chi connectivity index (χ1n) is 9.32. The van der Waals surface area contributed by atoms with Gasteiger partial charge in [-0.25, -0.2) is 0 Å². The topological polar surface area (TPSA) is 75.6 Å². The summed E-state index contributed by atoms with van der Waals surface area (Å²) in [6.45, 7) is -0.0423. The zero-order valence-electron chi connectivity index (χ0n) is 17.8. The summed E-state index contributed by atoms with van der Waals surface area (Å²) in [7, 11) is 7.69. The van der Waals surface area contributed by atoms with Crippen molar-refractivity contribution in [3.8, 4) is 34.5 Å². The molecule has 7 heteroatoms. The van der Waals surface area contributed by atoms with E-state index in [4.69, 9.17) is 28.4 Å². The zero-order chi connectivity index (χ0) is 21.7. The molecule has 3 aromatic rings. The molecule has 7 nitrogen and oxygen atoms in total. The van der Waals surface area contributed by atoms with Crippen LogP contribution in [0.25, 0.3) is 10.8 Å². The summed E-state index contributed by atoms with van der Waals surface area (Å²) in [5, 5.41) is 11.3. The molecule has 0 aromatic heterocycles. The third-order valence-corrected chi connectivity index (χ3v) is 4.85. The SMILES string of the molecule is COc1cc(OC)c2c(OC)c(CO)c(OCc3ccccc3)c(OC)c2c1OC. The van der Waals surface area contributed by atoms with Gasteiger partial charge in [0, 0.05) is 6.07 Å². The molecule has 30 heavy (non-hydrogen) atoms. The van der Waals surface area contributed by atoms with Crippen LogP contribution in [0, 0.1) is 0 Å². The monoisotopic (exact) mass is 414 g/mol. The Hall–Kier alpha value is -3.32. The fourth-order valence-electron chi connectivity index (χ4n) is 3.52. The summed E-state index contributed by atoms with van der Waals surface area (Å²) < 4.78 is 34.3. The number of aliphatic hydroxyl groups excluding tert-OH is 1. The van der Waals surface area contributed by atoms with Crippen molar-refractivity contribution in [1.82, 2.24) is 0 Å². The van der Waals surface area contributed by atoms with Crippen molar-refractivity contribution >= 4 is 10.8 Å². The van der Waals surface area contributed by atoms with E-state index < -0.39 is 0 Å². The fourth-order valence-corrected chi connectivity index (χ4v) is 3.52. The van der Waals surface area contributed by atoms with Crippen LogP contribution in [0.5, 0.6) is 34.5 Å². The number of rotatable bonds is 9. The van der Waals surface area contributed by atoms with E-state index in [9.17, 15) is 5.11 Å². The zero-order valence-corrected chi connectivity index (χ0v) is 17.8. The molecule has 0 aliphatic heterocycles. The minimum atomic E-state index is -0.322. The van der Waals surface area contributed by atoms with Crippen LogP contribution in [-0.2, 0) is 13.2 Å². The van der Waals surface area contributed by atoms with Crippen molar-refractivity contribution in [3.63, 3.8) is 0 Å². The predicted octanol–water partition coefficient (Wildman–Crippen LogP) is 3.95. The van der Waals surface area contributed by atoms with E-state index in [1.54, 1.807) is 27.4 Å². The van der Waals surface area contributed by atoms with Gasteiger partial charge < -0.3 is 33.5 Å². The average Bonchev–Trinajstić information content (AvgIpc) is 2.80. The van der Waals surface area contributed by atoms with Gasteiger partial charge in [0.1, 0.15) is 18.1 Å². The maximum Gasteiger partial charge on any atom is 0.173 e. The largest absolute Gasteiger partial charge is 0.496 e. The third kappa shape index (κ3) is 3.64. The number of hydrogen-bond acceptors (Lipinski definition) is 7. The molecule has 0 saturated heterocycles. The Morgan fingerprint density at radius 3 is 1.83 bits per heavy atom. The molecule has 160 valence electrons. The molecule has 0 saturated carbocycles. The van der Waals surface area contributed by atoms with Gasteiger partial charge in [-0.1, -0.05) is 30.3 Å². The van der Waals surface area contributed by atoms with Gasteiger partial charge in [-0.2, -0.15) is 0 Å². The Morgan fingerprint density at radius 1 is 0.667 bits per heavy atom. The molecular weight excluding hydrogens is 388 g/mol. The van der Waals surface area contributed by atoms with E-state index in [0.29, 0.717) is 50.8 Å². The van der Waals surface area contributed by atoms with Crippen LogP contribution >= 0.6 is 0 Å². The van der Waals surface area contributed by atoms with Crippen LogP contribution in [0.2, 0.25) is 0 Å². The molecule has 0 spiro atoms. The first-order chi connectivity index (χ1) is 14.6. The summed E-state index contributed by atoms with van der Waals surface area (Å²) in [6.07, 6.45) is 0. The first-order valence-corrected chi connectivity index (χ1v) is 9.32. The fraction of sp³-hybridized carbons (Fsp3) is 0.304. The van der Waals surface area contributed by atoms with Crippen LogP contribution in [0.4, 0.5) is 0 Å². The van der Waals surface area contributed by atoms with Gasteiger partial charge in [0.05, 0.1) is 58.5 Å². The van der Waals surface area contributed by atoms with E-state index in [0.717, 1.165) is 5.56 Å². The molecule has 0 heterocycles. The number of fused-ring (bicyclic) bond motifs is 1. The molecule has 0 atom stereocenters. The number of methoxy groups -OCH3 is 5. The van der Waals surface area contributed by atoms with Crippen LogP contribution in [0.3, 0.4) is 0 Å². The Balaban J connectivity index is 2.37. The summed E-state index contributed by atoms with van der Waals surface area (Å²) >= 11 is 0. The van der Waals surface area contributed by atoms with Gasteiger partial charge in [-0.05, 0) is 5.56 Å². The lowest BCUT2D eigenvalue weighted by molar-refractivity contribution is 0.244. The molecule has 0 aliphatic rings. The highest BCUT2D eigenvalue weighted by atomic mass is 16.5. The third-order valence-electron chi connectivity index (χ3n) is 4.85. The van der Waals surface area contributed by atoms with Crippen molar-refractivity contribution < 1.29 is 33.5 Å². The second-order valence-electron chi connectivity index (χ2n) is 6.37. The Morgan fingerprint density at radius 2 is 1.30 bits per heavy atom. The molecular formula is C23H26O7.